The van der Waals surface area contributed by atoms with Crippen LogP contribution in [-0.4, -0.2) is 24.6 Å². The molecule has 0 saturated carbocycles. The molecular weight excluding hydrogens is 246 g/mol. The Hall–Kier alpha value is -0.570. The van der Waals surface area contributed by atoms with Gasteiger partial charge in [0.1, 0.15) is 0 Å². The number of aryl methyl sites for hydroxylation is 2. The number of halogens is 1. The first kappa shape index (κ1) is 13.9. The number of nitrogens with one attached hydrogen (secondary N) is 1. The Kier molecular flexibility index (Phi) is 4.66. The Morgan fingerprint density at radius 1 is 1.17 bits per heavy atom. The van der Waals surface area contributed by atoms with E-state index in [4.69, 9.17) is 16.3 Å². The van der Waals surface area contributed by atoms with Crippen LogP contribution in [0.1, 0.15) is 29.5 Å². The van der Waals surface area contributed by atoms with Crippen LogP contribution >= 0.6 is 11.6 Å². The van der Waals surface area contributed by atoms with E-state index in [1.54, 1.807) is 0 Å². The molecule has 0 bridgehead atoms. The van der Waals surface area contributed by atoms with Gasteiger partial charge in [0.05, 0.1) is 0 Å². The van der Waals surface area contributed by atoms with Gasteiger partial charge in [-0.25, -0.2) is 0 Å². The molecule has 0 aliphatic carbocycles. The molecule has 3 heteroatoms. The van der Waals surface area contributed by atoms with E-state index in [1.165, 1.54) is 16.7 Å². The summed E-state index contributed by atoms with van der Waals surface area (Å²) < 4.78 is 5.42. The molecule has 0 aromatic heterocycles. The van der Waals surface area contributed by atoms with E-state index < -0.39 is 0 Å². The zero-order valence-corrected chi connectivity index (χ0v) is 12.0. The lowest BCUT2D eigenvalue weighted by molar-refractivity contribution is 0.0459. The summed E-state index contributed by atoms with van der Waals surface area (Å²) in [6.07, 6.45) is 2.00. The van der Waals surface area contributed by atoms with Crippen molar-refractivity contribution in [2.75, 3.05) is 19.1 Å². The van der Waals surface area contributed by atoms with Gasteiger partial charge in [0.2, 0.25) is 0 Å². The third kappa shape index (κ3) is 3.47. The summed E-state index contributed by atoms with van der Waals surface area (Å²) in [5.41, 5.74) is 4.03. The van der Waals surface area contributed by atoms with Gasteiger partial charge in [0.15, 0.2) is 0 Å². The Balaban J connectivity index is 2.00. The zero-order chi connectivity index (χ0) is 13.0. The highest BCUT2D eigenvalue weighted by Crippen LogP contribution is 2.23. The molecule has 0 spiro atoms. The summed E-state index contributed by atoms with van der Waals surface area (Å²) in [5.74, 6) is 0.654. The van der Waals surface area contributed by atoms with Crippen LogP contribution in [0.15, 0.2) is 18.2 Å². The molecule has 0 atom stereocenters. The second-order valence-corrected chi connectivity index (χ2v) is 5.64. The maximum absolute atomic E-state index is 6.15. The first-order valence-electron chi connectivity index (χ1n) is 6.59. The van der Waals surface area contributed by atoms with Crippen LogP contribution in [0.25, 0.3) is 0 Å². The van der Waals surface area contributed by atoms with E-state index in [1.807, 2.05) is 0 Å². The fourth-order valence-corrected chi connectivity index (χ4v) is 2.94. The van der Waals surface area contributed by atoms with Crippen molar-refractivity contribution in [3.05, 3.63) is 34.9 Å². The molecule has 1 saturated heterocycles. The summed E-state index contributed by atoms with van der Waals surface area (Å²) in [6, 6.07) is 6.68. The smallest absolute Gasteiger partial charge is 0.0484 e. The normalized spacial score (nSPS) is 18.8. The van der Waals surface area contributed by atoms with Gasteiger partial charge in [-0.05, 0) is 32.3 Å². The third-order valence-corrected chi connectivity index (χ3v) is 4.17. The maximum Gasteiger partial charge on any atom is 0.0484 e. The predicted octanol–water partition coefficient (Wildman–Crippen LogP) is 3.18. The highest BCUT2D eigenvalue weighted by molar-refractivity contribution is 6.18. The van der Waals surface area contributed by atoms with Crippen LogP contribution in [0.4, 0.5) is 0 Å². The van der Waals surface area contributed by atoms with Crippen LogP contribution in [0.3, 0.4) is 0 Å². The van der Waals surface area contributed by atoms with E-state index in [-0.39, 0.29) is 5.54 Å². The summed E-state index contributed by atoms with van der Waals surface area (Å²) in [6.45, 7) is 6.79. The Morgan fingerprint density at radius 2 is 1.78 bits per heavy atom. The van der Waals surface area contributed by atoms with Crippen molar-refractivity contribution < 1.29 is 4.74 Å². The van der Waals surface area contributed by atoms with Crippen molar-refractivity contribution in [1.29, 1.82) is 0 Å². The minimum Gasteiger partial charge on any atom is -0.381 e. The van der Waals surface area contributed by atoms with E-state index in [2.05, 4.69) is 37.4 Å². The van der Waals surface area contributed by atoms with E-state index in [0.29, 0.717) is 5.88 Å². The highest BCUT2D eigenvalue weighted by atomic mass is 35.5. The van der Waals surface area contributed by atoms with Crippen LogP contribution in [0, 0.1) is 13.8 Å². The van der Waals surface area contributed by atoms with Gasteiger partial charge in [0, 0.05) is 31.2 Å². The van der Waals surface area contributed by atoms with Crippen molar-refractivity contribution in [3.8, 4) is 0 Å². The van der Waals surface area contributed by atoms with Gasteiger partial charge >= 0.3 is 0 Å². The van der Waals surface area contributed by atoms with Crippen LogP contribution in [0.5, 0.6) is 0 Å². The number of ether oxygens (including phenoxy) is 1. The highest BCUT2D eigenvalue weighted by Gasteiger charge is 2.30. The summed E-state index contributed by atoms with van der Waals surface area (Å²) in [5, 5.41) is 3.64. The molecule has 0 radical (unpaired) electrons. The van der Waals surface area contributed by atoms with Crippen molar-refractivity contribution >= 4 is 11.6 Å². The van der Waals surface area contributed by atoms with E-state index in [0.717, 1.165) is 32.6 Å². The van der Waals surface area contributed by atoms with Crippen molar-refractivity contribution in [1.82, 2.24) is 5.32 Å². The van der Waals surface area contributed by atoms with Crippen LogP contribution in [0.2, 0.25) is 0 Å². The standard InChI is InChI=1S/C15H22ClNO/c1-12-7-13(2)9-14(8-12)10-17-15(11-16)3-5-18-6-4-15/h7-9,17H,3-6,10-11H2,1-2H3. The van der Waals surface area contributed by atoms with Crippen LogP contribution in [-0.2, 0) is 11.3 Å². The number of benzene rings is 1. The number of alkyl halides is 1. The van der Waals surface area contributed by atoms with Crippen LogP contribution < -0.4 is 5.32 Å². The van der Waals surface area contributed by atoms with Gasteiger partial charge in [-0.2, -0.15) is 0 Å². The molecular formula is C15H22ClNO. The first-order valence-corrected chi connectivity index (χ1v) is 7.13. The molecule has 1 N–H and O–H groups in total. The fourth-order valence-electron chi connectivity index (χ4n) is 2.58. The molecule has 2 rings (SSSR count). The fraction of sp³-hybridized carbons (Fsp3) is 0.600. The average Bonchev–Trinajstić information content (AvgIpc) is 2.36. The van der Waals surface area contributed by atoms with Gasteiger partial charge < -0.3 is 10.1 Å². The van der Waals surface area contributed by atoms with Gasteiger partial charge in [0.25, 0.3) is 0 Å². The third-order valence-electron chi connectivity index (χ3n) is 3.65. The number of hydrogen-bond donors (Lipinski definition) is 1. The molecule has 1 aromatic rings. The topological polar surface area (TPSA) is 21.3 Å². The first-order chi connectivity index (χ1) is 8.63. The molecule has 18 heavy (non-hydrogen) atoms. The molecule has 1 heterocycles. The van der Waals surface area contributed by atoms with Crippen molar-refractivity contribution in [2.45, 2.75) is 38.8 Å². The lowest BCUT2D eigenvalue weighted by Gasteiger charge is -2.36. The Bertz CT molecular complexity index is 379. The molecule has 1 aliphatic heterocycles. The summed E-state index contributed by atoms with van der Waals surface area (Å²) in [4.78, 5) is 0. The second kappa shape index (κ2) is 6.05. The van der Waals surface area contributed by atoms with Crippen molar-refractivity contribution in [2.24, 2.45) is 0 Å². The van der Waals surface area contributed by atoms with Gasteiger partial charge in [-0.1, -0.05) is 29.3 Å². The SMILES string of the molecule is Cc1cc(C)cc(CNC2(CCl)CCOCC2)c1. The lowest BCUT2D eigenvalue weighted by Crippen LogP contribution is -2.50. The van der Waals surface area contributed by atoms with Crippen molar-refractivity contribution in [3.63, 3.8) is 0 Å². The molecule has 0 unspecified atom stereocenters. The maximum atomic E-state index is 6.15. The van der Waals surface area contributed by atoms with E-state index >= 15 is 0 Å². The minimum absolute atomic E-state index is 0.0530. The molecule has 2 nitrogen and oxygen atoms in total. The van der Waals surface area contributed by atoms with Gasteiger partial charge in [-0.15, -0.1) is 11.6 Å². The van der Waals surface area contributed by atoms with E-state index in [9.17, 15) is 0 Å². The average molecular weight is 268 g/mol. The molecule has 1 aromatic carbocycles. The summed E-state index contributed by atoms with van der Waals surface area (Å²) >= 11 is 6.15. The largest absolute Gasteiger partial charge is 0.381 e. The number of rotatable bonds is 4. The molecule has 100 valence electrons. The molecule has 0 amide bonds. The monoisotopic (exact) mass is 267 g/mol. The number of hydrogen-bond acceptors (Lipinski definition) is 2. The van der Waals surface area contributed by atoms with Gasteiger partial charge in [-0.3, -0.25) is 0 Å². The quantitative estimate of drug-likeness (QED) is 0.846. The minimum atomic E-state index is 0.0530. The Labute approximate surface area is 115 Å². The Morgan fingerprint density at radius 3 is 2.33 bits per heavy atom. The zero-order valence-electron chi connectivity index (χ0n) is 11.3. The second-order valence-electron chi connectivity index (χ2n) is 5.38. The lowest BCUT2D eigenvalue weighted by atomic mass is 9.92. The molecule has 1 aliphatic rings. The summed E-state index contributed by atoms with van der Waals surface area (Å²) in [7, 11) is 0. The predicted molar refractivity (Wildman–Crippen MR) is 76.3 cm³/mol. The molecule has 1 fully saturated rings.